The first-order chi connectivity index (χ1) is 13.9. The van der Waals surface area contributed by atoms with E-state index in [0.717, 1.165) is 16.8 Å². The standard InChI is InChI=1S/C23H22N4O2/c1-14(2)15-8-10-16(11-9-15)20-22(29)24-21-17-6-4-5-7-18(17)26-19(28)12-13-23(26,3)27(21)25-20/h4-11,14H,12-13H2,1-3H3/t23-/m0/s1. The number of carbonyl (C=O) groups excluding carboxylic acids is 1. The number of rotatable bonds is 2. The molecule has 146 valence electrons. The van der Waals surface area contributed by atoms with Gasteiger partial charge in [0.1, 0.15) is 5.66 Å². The molecular weight excluding hydrogens is 364 g/mol. The van der Waals surface area contributed by atoms with Crippen LogP contribution in [0.1, 0.15) is 45.1 Å². The average Bonchev–Trinajstić information content (AvgIpc) is 3.03. The fraction of sp³-hybridized carbons (Fsp3) is 0.304. The second-order valence-corrected chi connectivity index (χ2v) is 8.24. The second kappa shape index (κ2) is 6.11. The van der Waals surface area contributed by atoms with E-state index >= 15 is 0 Å². The number of fused-ring (bicyclic) bond motifs is 6. The molecule has 6 heteroatoms. The highest BCUT2D eigenvalue weighted by Gasteiger charge is 2.49. The van der Waals surface area contributed by atoms with Gasteiger partial charge in [-0.2, -0.15) is 10.1 Å². The van der Waals surface area contributed by atoms with Crippen LogP contribution in [0.2, 0.25) is 0 Å². The van der Waals surface area contributed by atoms with E-state index in [1.54, 1.807) is 9.58 Å². The molecule has 2 aliphatic heterocycles. The summed E-state index contributed by atoms with van der Waals surface area (Å²) < 4.78 is 1.77. The van der Waals surface area contributed by atoms with Gasteiger partial charge in [-0.15, -0.1) is 0 Å². The molecular formula is C23H22N4O2. The monoisotopic (exact) mass is 386 g/mol. The number of nitrogens with zero attached hydrogens (tertiary/aromatic N) is 4. The first-order valence-electron chi connectivity index (χ1n) is 9.95. The Morgan fingerprint density at radius 3 is 2.48 bits per heavy atom. The summed E-state index contributed by atoms with van der Waals surface area (Å²) >= 11 is 0. The molecule has 1 atom stereocenters. The van der Waals surface area contributed by atoms with Crippen molar-refractivity contribution >= 4 is 11.6 Å². The molecule has 6 nitrogen and oxygen atoms in total. The maximum atomic E-state index is 12.9. The van der Waals surface area contributed by atoms with Crippen molar-refractivity contribution in [3.8, 4) is 22.6 Å². The van der Waals surface area contributed by atoms with E-state index in [0.29, 0.717) is 30.3 Å². The molecule has 0 spiro atoms. The molecule has 0 aliphatic carbocycles. The number of hydrogen-bond acceptors (Lipinski definition) is 4. The van der Waals surface area contributed by atoms with Crippen LogP contribution >= 0.6 is 0 Å². The third-order valence-corrected chi connectivity index (χ3v) is 6.05. The van der Waals surface area contributed by atoms with Crippen molar-refractivity contribution in [2.45, 2.75) is 45.2 Å². The van der Waals surface area contributed by atoms with Gasteiger partial charge in [0.15, 0.2) is 11.5 Å². The molecule has 29 heavy (non-hydrogen) atoms. The minimum Gasteiger partial charge on any atom is -0.286 e. The van der Waals surface area contributed by atoms with Crippen LogP contribution in [0.25, 0.3) is 22.6 Å². The van der Waals surface area contributed by atoms with Crippen LogP contribution in [-0.4, -0.2) is 20.7 Å². The molecule has 3 heterocycles. The summed E-state index contributed by atoms with van der Waals surface area (Å²) in [6.07, 6.45) is 1.06. The molecule has 2 aromatic carbocycles. The Morgan fingerprint density at radius 2 is 1.76 bits per heavy atom. The van der Waals surface area contributed by atoms with E-state index in [-0.39, 0.29) is 11.5 Å². The lowest BCUT2D eigenvalue weighted by Gasteiger charge is -2.42. The fourth-order valence-corrected chi connectivity index (χ4v) is 4.39. The summed E-state index contributed by atoms with van der Waals surface area (Å²) in [7, 11) is 0. The van der Waals surface area contributed by atoms with E-state index in [2.05, 4.69) is 18.8 Å². The molecule has 1 amide bonds. The number of aromatic nitrogens is 3. The van der Waals surface area contributed by atoms with Crippen molar-refractivity contribution in [3.63, 3.8) is 0 Å². The van der Waals surface area contributed by atoms with E-state index < -0.39 is 5.66 Å². The number of carbonyl (C=O) groups is 1. The van der Waals surface area contributed by atoms with Crippen LogP contribution in [0.4, 0.5) is 5.69 Å². The summed E-state index contributed by atoms with van der Waals surface area (Å²) in [5.74, 6) is 0.990. The number of benzene rings is 2. The molecule has 5 rings (SSSR count). The third-order valence-electron chi connectivity index (χ3n) is 6.05. The summed E-state index contributed by atoms with van der Waals surface area (Å²) in [6, 6.07) is 15.5. The molecule has 1 aromatic heterocycles. The predicted octanol–water partition coefficient (Wildman–Crippen LogP) is 3.91. The van der Waals surface area contributed by atoms with Crippen LogP contribution < -0.4 is 10.5 Å². The Bertz CT molecular complexity index is 1200. The molecule has 0 radical (unpaired) electrons. The molecule has 0 saturated carbocycles. The zero-order chi connectivity index (χ0) is 20.3. The Kier molecular flexibility index (Phi) is 3.75. The fourth-order valence-electron chi connectivity index (χ4n) is 4.39. The molecule has 1 fully saturated rings. The highest BCUT2D eigenvalue weighted by atomic mass is 16.2. The summed E-state index contributed by atoms with van der Waals surface area (Å²) in [5, 5.41) is 4.75. The lowest BCUT2D eigenvalue weighted by molar-refractivity contribution is -0.117. The van der Waals surface area contributed by atoms with E-state index in [4.69, 9.17) is 5.10 Å². The van der Waals surface area contributed by atoms with Crippen LogP contribution in [0.15, 0.2) is 53.3 Å². The van der Waals surface area contributed by atoms with Gasteiger partial charge >= 0.3 is 0 Å². The molecule has 0 unspecified atom stereocenters. The van der Waals surface area contributed by atoms with Crippen LogP contribution in [0, 0.1) is 0 Å². The van der Waals surface area contributed by atoms with E-state index in [9.17, 15) is 9.59 Å². The van der Waals surface area contributed by atoms with Gasteiger partial charge in [-0.1, -0.05) is 50.2 Å². The highest BCUT2D eigenvalue weighted by molar-refractivity contribution is 6.01. The number of anilines is 1. The minimum atomic E-state index is -0.673. The number of hydrogen-bond donors (Lipinski definition) is 0. The number of para-hydroxylation sites is 1. The average molecular weight is 386 g/mol. The zero-order valence-electron chi connectivity index (χ0n) is 16.7. The molecule has 0 N–H and O–H groups in total. The van der Waals surface area contributed by atoms with E-state index in [1.165, 1.54) is 5.56 Å². The third kappa shape index (κ3) is 2.48. The largest absolute Gasteiger partial charge is 0.300 e. The maximum Gasteiger partial charge on any atom is 0.300 e. The van der Waals surface area contributed by atoms with Gasteiger partial charge in [-0.05, 0) is 30.5 Å². The van der Waals surface area contributed by atoms with Crippen LogP contribution in [-0.2, 0) is 10.5 Å². The van der Waals surface area contributed by atoms with Gasteiger partial charge in [-0.3, -0.25) is 14.5 Å². The Labute approximate surface area is 168 Å². The minimum absolute atomic E-state index is 0.0638. The topological polar surface area (TPSA) is 68.1 Å². The molecule has 0 bridgehead atoms. The highest BCUT2D eigenvalue weighted by Crippen LogP contribution is 2.47. The van der Waals surface area contributed by atoms with Crippen LogP contribution in [0.5, 0.6) is 0 Å². The normalized spacial score (nSPS) is 19.9. The lowest BCUT2D eigenvalue weighted by atomic mass is 10.0. The quantitative estimate of drug-likeness (QED) is 0.670. The van der Waals surface area contributed by atoms with E-state index in [1.807, 2.05) is 55.5 Å². The van der Waals surface area contributed by atoms with Crippen molar-refractivity contribution in [2.75, 3.05) is 4.90 Å². The maximum absolute atomic E-state index is 12.9. The lowest BCUT2D eigenvalue weighted by Crippen LogP contribution is -2.51. The van der Waals surface area contributed by atoms with Gasteiger partial charge in [0.25, 0.3) is 5.56 Å². The van der Waals surface area contributed by atoms with Gasteiger partial charge in [0, 0.05) is 24.0 Å². The Balaban J connectivity index is 1.74. The van der Waals surface area contributed by atoms with Gasteiger partial charge in [-0.25, -0.2) is 4.68 Å². The molecule has 1 saturated heterocycles. The Morgan fingerprint density at radius 1 is 1.03 bits per heavy atom. The molecule has 2 aliphatic rings. The second-order valence-electron chi connectivity index (χ2n) is 8.24. The van der Waals surface area contributed by atoms with Crippen molar-refractivity contribution in [1.82, 2.24) is 14.8 Å². The first-order valence-corrected chi connectivity index (χ1v) is 9.95. The zero-order valence-corrected chi connectivity index (χ0v) is 16.7. The van der Waals surface area contributed by atoms with Gasteiger partial charge in [0.05, 0.1) is 5.69 Å². The first kappa shape index (κ1) is 17.8. The van der Waals surface area contributed by atoms with Crippen LogP contribution in [0.3, 0.4) is 0 Å². The predicted molar refractivity (Wildman–Crippen MR) is 112 cm³/mol. The van der Waals surface area contributed by atoms with Crippen molar-refractivity contribution < 1.29 is 4.79 Å². The van der Waals surface area contributed by atoms with Crippen molar-refractivity contribution in [1.29, 1.82) is 0 Å². The number of amides is 1. The van der Waals surface area contributed by atoms with Gasteiger partial charge in [0.2, 0.25) is 5.91 Å². The smallest absolute Gasteiger partial charge is 0.286 e. The Hall–Kier alpha value is -3.28. The summed E-state index contributed by atoms with van der Waals surface area (Å²) in [6.45, 7) is 6.25. The summed E-state index contributed by atoms with van der Waals surface area (Å²) in [5.41, 5.74) is 2.77. The molecule has 3 aromatic rings. The van der Waals surface area contributed by atoms with Gasteiger partial charge < -0.3 is 0 Å². The summed E-state index contributed by atoms with van der Waals surface area (Å²) in [4.78, 5) is 31.9. The van der Waals surface area contributed by atoms with Crippen molar-refractivity contribution in [3.05, 3.63) is 64.4 Å². The van der Waals surface area contributed by atoms with Crippen molar-refractivity contribution in [2.24, 2.45) is 0 Å². The SMILES string of the molecule is CC(C)c1ccc(-c2nn3c(nc2=O)-c2ccccc2N2C(=O)CC[C@@]23C)cc1.